The molecule has 0 radical (unpaired) electrons. The van der Waals surface area contributed by atoms with Crippen molar-refractivity contribution in [2.45, 2.75) is 26.8 Å². The SMILES string of the molecule is Cc1cccc(C)c1N=C(NO)C(C)N=O. The molecule has 1 aromatic carbocycles. The summed E-state index contributed by atoms with van der Waals surface area (Å²) < 4.78 is 0. The maximum absolute atomic E-state index is 10.4. The van der Waals surface area contributed by atoms with Crippen LogP contribution in [0.2, 0.25) is 0 Å². The molecule has 1 atom stereocenters. The molecule has 0 aliphatic heterocycles. The van der Waals surface area contributed by atoms with Crippen molar-refractivity contribution in [3.8, 4) is 0 Å². The summed E-state index contributed by atoms with van der Waals surface area (Å²) in [6.07, 6.45) is 0. The van der Waals surface area contributed by atoms with Crippen molar-refractivity contribution >= 4 is 11.5 Å². The van der Waals surface area contributed by atoms with Gasteiger partial charge in [0.1, 0.15) is 6.04 Å². The van der Waals surface area contributed by atoms with Gasteiger partial charge >= 0.3 is 0 Å². The topological polar surface area (TPSA) is 74.1 Å². The molecule has 16 heavy (non-hydrogen) atoms. The first kappa shape index (κ1) is 12.3. The van der Waals surface area contributed by atoms with Crippen molar-refractivity contribution in [1.29, 1.82) is 0 Å². The minimum Gasteiger partial charge on any atom is -0.290 e. The van der Waals surface area contributed by atoms with Crippen LogP contribution in [0.1, 0.15) is 18.1 Å². The number of benzene rings is 1. The van der Waals surface area contributed by atoms with E-state index in [1.807, 2.05) is 37.5 Å². The fourth-order valence-electron chi connectivity index (χ4n) is 1.36. The Morgan fingerprint density at radius 3 is 2.38 bits per heavy atom. The van der Waals surface area contributed by atoms with E-state index in [9.17, 15) is 4.91 Å². The highest BCUT2D eigenvalue weighted by Gasteiger charge is 2.11. The number of aryl methyl sites for hydroxylation is 2. The zero-order chi connectivity index (χ0) is 12.1. The molecule has 1 aromatic rings. The van der Waals surface area contributed by atoms with E-state index in [2.05, 4.69) is 10.2 Å². The molecule has 0 amide bonds. The molecule has 1 rings (SSSR count). The van der Waals surface area contributed by atoms with Crippen LogP contribution in [-0.4, -0.2) is 17.1 Å². The molecule has 0 aromatic heterocycles. The summed E-state index contributed by atoms with van der Waals surface area (Å²) in [5.41, 5.74) is 4.61. The summed E-state index contributed by atoms with van der Waals surface area (Å²) in [6, 6.07) is 5.06. The van der Waals surface area contributed by atoms with Crippen molar-refractivity contribution in [3.05, 3.63) is 34.2 Å². The van der Waals surface area contributed by atoms with E-state index in [4.69, 9.17) is 5.21 Å². The Morgan fingerprint density at radius 1 is 1.38 bits per heavy atom. The van der Waals surface area contributed by atoms with Gasteiger partial charge in [-0.15, -0.1) is 0 Å². The van der Waals surface area contributed by atoms with Crippen molar-refractivity contribution < 1.29 is 5.21 Å². The molecule has 0 saturated carbocycles. The second-order valence-electron chi connectivity index (χ2n) is 3.63. The van der Waals surface area contributed by atoms with Crippen molar-refractivity contribution in [2.75, 3.05) is 0 Å². The third-order valence-electron chi connectivity index (χ3n) is 2.34. The molecule has 0 saturated heterocycles. The van der Waals surface area contributed by atoms with Crippen LogP contribution in [0.4, 0.5) is 5.69 Å². The highest BCUT2D eigenvalue weighted by molar-refractivity contribution is 5.89. The van der Waals surface area contributed by atoms with Gasteiger partial charge in [0.25, 0.3) is 0 Å². The Hall–Kier alpha value is -1.75. The third-order valence-corrected chi connectivity index (χ3v) is 2.34. The van der Waals surface area contributed by atoms with E-state index >= 15 is 0 Å². The fraction of sp³-hybridized carbons (Fsp3) is 0.364. The standard InChI is InChI=1S/C11H15N3O2/c1-7-5-4-6-8(2)10(7)12-11(14-16)9(3)13-15/h4-6,9,16H,1-3H3,(H,12,14). The zero-order valence-electron chi connectivity index (χ0n) is 9.56. The first-order valence-corrected chi connectivity index (χ1v) is 4.97. The lowest BCUT2D eigenvalue weighted by atomic mass is 10.1. The maximum Gasteiger partial charge on any atom is 0.154 e. The number of nitrogens with one attached hydrogen (secondary N) is 1. The van der Waals surface area contributed by atoms with Crippen LogP contribution in [0.3, 0.4) is 0 Å². The van der Waals surface area contributed by atoms with Gasteiger partial charge in [-0.2, -0.15) is 4.91 Å². The van der Waals surface area contributed by atoms with Crippen LogP contribution in [0.25, 0.3) is 0 Å². The molecule has 2 N–H and O–H groups in total. The molecule has 1 unspecified atom stereocenters. The lowest BCUT2D eigenvalue weighted by molar-refractivity contribution is 0.230. The van der Waals surface area contributed by atoms with E-state index in [0.29, 0.717) is 0 Å². The monoisotopic (exact) mass is 221 g/mol. The summed E-state index contributed by atoms with van der Waals surface area (Å²) in [6.45, 7) is 5.39. The normalized spacial score (nSPS) is 13.4. The Kier molecular flexibility index (Phi) is 4.13. The molecule has 0 aliphatic rings. The number of aliphatic imine (C=N–C) groups is 1. The molecule has 86 valence electrons. The number of rotatable bonds is 3. The average Bonchev–Trinajstić information content (AvgIpc) is 2.28. The first-order chi connectivity index (χ1) is 7.60. The van der Waals surface area contributed by atoms with Gasteiger partial charge in [-0.3, -0.25) is 10.7 Å². The summed E-state index contributed by atoms with van der Waals surface area (Å²) >= 11 is 0. The van der Waals surface area contributed by atoms with Gasteiger partial charge in [-0.1, -0.05) is 23.4 Å². The van der Waals surface area contributed by atoms with E-state index in [-0.39, 0.29) is 5.84 Å². The average molecular weight is 221 g/mol. The summed E-state index contributed by atoms with van der Waals surface area (Å²) in [7, 11) is 0. The van der Waals surface area contributed by atoms with E-state index in [0.717, 1.165) is 16.8 Å². The van der Waals surface area contributed by atoms with Crippen LogP contribution in [-0.2, 0) is 0 Å². The molecule has 0 bridgehead atoms. The second-order valence-corrected chi connectivity index (χ2v) is 3.63. The van der Waals surface area contributed by atoms with Crippen molar-refractivity contribution in [2.24, 2.45) is 10.2 Å². The van der Waals surface area contributed by atoms with Gasteiger partial charge in [0.15, 0.2) is 5.84 Å². The summed E-state index contributed by atoms with van der Waals surface area (Å²) in [4.78, 5) is 14.6. The molecule has 5 nitrogen and oxygen atoms in total. The van der Waals surface area contributed by atoms with Crippen LogP contribution < -0.4 is 5.48 Å². The largest absolute Gasteiger partial charge is 0.290 e. The lowest BCUT2D eigenvalue weighted by Gasteiger charge is -2.09. The number of hydroxylamine groups is 1. The number of nitroso groups, excluding NO2 is 1. The Labute approximate surface area is 94.1 Å². The summed E-state index contributed by atoms with van der Waals surface area (Å²) in [5, 5.41) is 11.7. The van der Waals surface area contributed by atoms with Crippen LogP contribution in [0.5, 0.6) is 0 Å². The molecule has 0 fully saturated rings. The molecular weight excluding hydrogens is 206 g/mol. The first-order valence-electron chi connectivity index (χ1n) is 4.97. The van der Waals surface area contributed by atoms with Gasteiger partial charge in [0.05, 0.1) is 5.69 Å². The smallest absolute Gasteiger partial charge is 0.154 e. The lowest BCUT2D eigenvalue weighted by Crippen LogP contribution is -2.28. The van der Waals surface area contributed by atoms with Crippen LogP contribution in [0.15, 0.2) is 28.4 Å². The maximum atomic E-state index is 10.4. The number of hydrogen-bond donors (Lipinski definition) is 2. The van der Waals surface area contributed by atoms with Gasteiger partial charge in [-0.25, -0.2) is 4.99 Å². The predicted octanol–water partition coefficient (Wildman–Crippen LogP) is 2.47. The quantitative estimate of drug-likeness (QED) is 0.356. The van der Waals surface area contributed by atoms with Gasteiger partial charge in [0.2, 0.25) is 0 Å². The van der Waals surface area contributed by atoms with Crippen LogP contribution in [0, 0.1) is 18.8 Å². The van der Waals surface area contributed by atoms with Crippen LogP contribution >= 0.6 is 0 Å². The molecule has 0 aliphatic carbocycles. The van der Waals surface area contributed by atoms with Crippen molar-refractivity contribution in [3.63, 3.8) is 0 Å². The minimum absolute atomic E-state index is 0.146. The Morgan fingerprint density at radius 2 is 1.94 bits per heavy atom. The van der Waals surface area contributed by atoms with Gasteiger partial charge in [-0.05, 0) is 31.9 Å². The molecular formula is C11H15N3O2. The predicted molar refractivity (Wildman–Crippen MR) is 63.2 cm³/mol. The molecule has 0 heterocycles. The Balaban J connectivity index is 3.18. The number of hydrogen-bond acceptors (Lipinski definition) is 4. The minimum atomic E-state index is -0.705. The zero-order valence-corrected chi connectivity index (χ0v) is 9.56. The van der Waals surface area contributed by atoms with Crippen molar-refractivity contribution in [1.82, 2.24) is 5.48 Å². The second kappa shape index (κ2) is 5.37. The fourth-order valence-corrected chi connectivity index (χ4v) is 1.36. The van der Waals surface area contributed by atoms with Gasteiger partial charge in [0, 0.05) is 0 Å². The third kappa shape index (κ3) is 2.64. The number of amidine groups is 1. The van der Waals surface area contributed by atoms with E-state index < -0.39 is 6.04 Å². The number of para-hydroxylation sites is 1. The van der Waals surface area contributed by atoms with E-state index in [1.165, 1.54) is 0 Å². The molecule has 0 spiro atoms. The highest BCUT2D eigenvalue weighted by Crippen LogP contribution is 2.23. The van der Waals surface area contributed by atoms with E-state index in [1.54, 1.807) is 6.92 Å². The van der Waals surface area contributed by atoms with Gasteiger partial charge < -0.3 is 0 Å². The Bertz CT molecular complexity index is 395. The summed E-state index contributed by atoms with van der Waals surface area (Å²) in [5.74, 6) is 0.146. The number of nitrogens with zero attached hydrogens (tertiary/aromatic N) is 2. The molecule has 5 heteroatoms. The highest BCUT2D eigenvalue weighted by atomic mass is 16.5.